The van der Waals surface area contributed by atoms with E-state index in [4.69, 9.17) is 19.4 Å². The lowest BCUT2D eigenvalue weighted by Gasteiger charge is -2.10. The summed E-state index contributed by atoms with van der Waals surface area (Å²) in [4.78, 5) is 15.5. The Kier molecular flexibility index (Phi) is 5.32. The van der Waals surface area contributed by atoms with Gasteiger partial charge in [-0.15, -0.1) is 11.3 Å². The fraction of sp³-hybridized carbons (Fsp3) is 0. The number of hydrogen-bond donors (Lipinski definition) is 0. The summed E-state index contributed by atoms with van der Waals surface area (Å²) in [7, 11) is 0. The molecule has 0 amide bonds. The Labute approximate surface area is 294 Å². The van der Waals surface area contributed by atoms with Crippen LogP contribution in [0, 0.1) is 0 Å². The summed E-state index contributed by atoms with van der Waals surface area (Å²) in [5, 5.41) is 9.39. The molecule has 7 aromatic carbocycles. The zero-order valence-corrected chi connectivity index (χ0v) is 27.8. The minimum atomic E-state index is 0.604. The van der Waals surface area contributed by atoms with Crippen LogP contribution < -0.4 is 0 Å². The van der Waals surface area contributed by atoms with Crippen LogP contribution in [-0.2, 0) is 0 Å². The number of fused-ring (bicyclic) bond motifs is 9. The third-order valence-corrected chi connectivity index (χ3v) is 11.6. The number of furan rings is 1. The first-order chi connectivity index (χ1) is 25.3. The second kappa shape index (κ2) is 9.97. The minimum absolute atomic E-state index is 0.604. The van der Waals surface area contributed by atoms with Crippen LogP contribution in [0.3, 0.4) is 0 Å². The highest BCUT2D eigenvalue weighted by molar-refractivity contribution is 7.26. The highest BCUT2D eigenvalue weighted by atomic mass is 32.1. The van der Waals surface area contributed by atoms with Crippen molar-refractivity contribution in [1.29, 1.82) is 0 Å². The van der Waals surface area contributed by atoms with Gasteiger partial charge in [0.05, 0.1) is 21.9 Å². The summed E-state index contributed by atoms with van der Waals surface area (Å²) in [6, 6.07) is 51.2. The van der Waals surface area contributed by atoms with E-state index < -0.39 is 0 Å². The summed E-state index contributed by atoms with van der Waals surface area (Å²) in [6.45, 7) is 0. The predicted molar refractivity (Wildman–Crippen MR) is 211 cm³/mol. The maximum absolute atomic E-state index is 6.74. The fourth-order valence-electron chi connectivity index (χ4n) is 8.19. The molecule has 0 aliphatic carbocycles. The Bertz CT molecular complexity index is 3360. The van der Waals surface area contributed by atoms with Crippen molar-refractivity contribution in [2.45, 2.75) is 0 Å². The van der Waals surface area contributed by atoms with Gasteiger partial charge in [0.1, 0.15) is 11.2 Å². The molecule has 0 saturated heterocycles. The van der Waals surface area contributed by atoms with Crippen molar-refractivity contribution in [2.75, 3.05) is 0 Å². The van der Waals surface area contributed by atoms with Crippen molar-refractivity contribution < 1.29 is 4.42 Å². The molecular formula is C45H24N4OS. The Morgan fingerprint density at radius 2 is 1.12 bits per heavy atom. The molecule has 0 radical (unpaired) electrons. The van der Waals surface area contributed by atoms with E-state index in [1.807, 2.05) is 18.2 Å². The molecule has 5 heterocycles. The third kappa shape index (κ3) is 3.71. The number of thiophene rings is 1. The molecule has 6 heteroatoms. The molecule has 5 aromatic heterocycles. The zero-order chi connectivity index (χ0) is 33.2. The van der Waals surface area contributed by atoms with Gasteiger partial charge in [0.15, 0.2) is 17.5 Å². The molecule has 0 spiro atoms. The van der Waals surface area contributed by atoms with Crippen LogP contribution in [-0.4, -0.2) is 19.4 Å². The largest absolute Gasteiger partial charge is 0.456 e. The number of benzene rings is 7. The molecule has 0 atom stereocenters. The smallest absolute Gasteiger partial charge is 0.165 e. The van der Waals surface area contributed by atoms with Crippen LogP contribution in [0.15, 0.2) is 150 Å². The van der Waals surface area contributed by atoms with E-state index >= 15 is 0 Å². The lowest BCUT2D eigenvalue weighted by atomic mass is 10.0. The molecule has 0 fully saturated rings. The molecule has 0 bridgehead atoms. The predicted octanol–water partition coefficient (Wildman–Crippen LogP) is 12.3. The van der Waals surface area contributed by atoms with E-state index in [0.29, 0.717) is 17.5 Å². The molecule has 0 unspecified atom stereocenters. The lowest BCUT2D eigenvalue weighted by Crippen LogP contribution is -2.00. The van der Waals surface area contributed by atoms with Crippen LogP contribution in [0.25, 0.3) is 114 Å². The quantitative estimate of drug-likeness (QED) is 0.188. The Morgan fingerprint density at radius 1 is 0.451 bits per heavy atom. The van der Waals surface area contributed by atoms with Gasteiger partial charge in [-0.3, -0.25) is 0 Å². The van der Waals surface area contributed by atoms with E-state index in [1.54, 1.807) is 11.3 Å². The van der Waals surface area contributed by atoms with E-state index in [9.17, 15) is 0 Å². The van der Waals surface area contributed by atoms with Gasteiger partial charge in [0.2, 0.25) is 0 Å². The first-order valence-corrected chi connectivity index (χ1v) is 17.8. The van der Waals surface area contributed by atoms with Gasteiger partial charge in [-0.25, -0.2) is 15.0 Å². The molecule has 0 saturated carbocycles. The number of para-hydroxylation sites is 2. The van der Waals surface area contributed by atoms with Gasteiger partial charge in [-0.05, 0) is 53.9 Å². The molecule has 236 valence electrons. The van der Waals surface area contributed by atoms with Gasteiger partial charge in [-0.1, -0.05) is 97.1 Å². The van der Waals surface area contributed by atoms with Crippen molar-refractivity contribution in [2.24, 2.45) is 0 Å². The second-order valence-electron chi connectivity index (χ2n) is 13.2. The van der Waals surface area contributed by atoms with Crippen molar-refractivity contribution in [3.63, 3.8) is 0 Å². The highest BCUT2D eigenvalue weighted by Gasteiger charge is 2.23. The topological polar surface area (TPSA) is 56.2 Å². The second-order valence-corrected chi connectivity index (χ2v) is 14.2. The lowest BCUT2D eigenvalue weighted by molar-refractivity contribution is 0.669. The molecule has 12 rings (SSSR count). The Morgan fingerprint density at radius 3 is 1.94 bits per heavy atom. The molecule has 12 aromatic rings. The molecule has 0 aliphatic heterocycles. The maximum atomic E-state index is 6.74. The van der Waals surface area contributed by atoms with E-state index in [0.717, 1.165) is 54.9 Å². The van der Waals surface area contributed by atoms with Crippen LogP contribution in [0.5, 0.6) is 0 Å². The SMILES string of the molecule is c1ccc(-c2nc(-c3cc4oc5ccc6c7ccccc7n7c8ccccc8c(c3)c4c5c67)nc(-c3cccc4c3sc3ccccc34)n2)cc1. The molecule has 51 heavy (non-hydrogen) atoms. The average Bonchev–Trinajstić information content (AvgIpc) is 3.84. The normalized spacial score (nSPS) is 12.3. The standard InChI is InChI=1S/C45H24N4OS/c1-2-11-25(12-3-1)43-46-44(48-45(47-43)32-17-10-16-31-29-15-6-9-20-38(29)51-42(31)32)26-23-33-28-14-5-8-19-35(28)49-34-18-7-4-13-27(34)30-21-22-36-40(41(30)49)39(33)37(24-26)50-36/h1-24H. The molecule has 0 aliphatic rings. The van der Waals surface area contributed by atoms with Gasteiger partial charge >= 0.3 is 0 Å². The van der Waals surface area contributed by atoms with Crippen LogP contribution in [0.1, 0.15) is 0 Å². The van der Waals surface area contributed by atoms with Crippen LogP contribution >= 0.6 is 11.3 Å². The summed E-state index contributed by atoms with van der Waals surface area (Å²) in [5.41, 5.74) is 7.99. The van der Waals surface area contributed by atoms with Gasteiger partial charge in [0, 0.05) is 58.4 Å². The number of nitrogens with zero attached hydrogens (tertiary/aromatic N) is 4. The average molecular weight is 669 g/mol. The first kappa shape index (κ1) is 27.2. The van der Waals surface area contributed by atoms with E-state index in [2.05, 4.69) is 132 Å². The van der Waals surface area contributed by atoms with Gasteiger partial charge in [-0.2, -0.15) is 0 Å². The Balaban J connectivity index is 1.20. The van der Waals surface area contributed by atoms with Gasteiger partial charge in [0.25, 0.3) is 0 Å². The van der Waals surface area contributed by atoms with Crippen molar-refractivity contribution in [3.05, 3.63) is 146 Å². The number of aromatic nitrogens is 4. The maximum Gasteiger partial charge on any atom is 0.165 e. The third-order valence-electron chi connectivity index (χ3n) is 10.4. The number of hydrogen-bond acceptors (Lipinski definition) is 5. The summed E-state index contributed by atoms with van der Waals surface area (Å²) < 4.78 is 11.6. The zero-order valence-electron chi connectivity index (χ0n) is 27.0. The van der Waals surface area contributed by atoms with Crippen LogP contribution in [0.4, 0.5) is 0 Å². The van der Waals surface area contributed by atoms with Crippen molar-refractivity contribution in [1.82, 2.24) is 19.4 Å². The fourth-order valence-corrected chi connectivity index (χ4v) is 9.40. The molecule has 0 N–H and O–H groups in total. The van der Waals surface area contributed by atoms with E-state index in [-0.39, 0.29) is 0 Å². The summed E-state index contributed by atoms with van der Waals surface area (Å²) in [5.74, 6) is 1.89. The highest BCUT2D eigenvalue weighted by Crippen LogP contribution is 2.46. The monoisotopic (exact) mass is 668 g/mol. The van der Waals surface area contributed by atoms with Gasteiger partial charge < -0.3 is 8.82 Å². The van der Waals surface area contributed by atoms with Crippen LogP contribution in [0.2, 0.25) is 0 Å². The summed E-state index contributed by atoms with van der Waals surface area (Å²) in [6.07, 6.45) is 0. The van der Waals surface area contributed by atoms with Crippen molar-refractivity contribution in [3.8, 4) is 34.2 Å². The van der Waals surface area contributed by atoms with E-state index in [1.165, 1.54) is 42.0 Å². The summed E-state index contributed by atoms with van der Waals surface area (Å²) >= 11 is 1.78. The molecule has 5 nitrogen and oxygen atoms in total. The first-order valence-electron chi connectivity index (χ1n) is 17.0. The minimum Gasteiger partial charge on any atom is -0.456 e. The Hall–Kier alpha value is -6.63. The van der Waals surface area contributed by atoms with Crippen molar-refractivity contribution >= 4 is 91.5 Å². The molecular weight excluding hydrogens is 645 g/mol. The number of rotatable bonds is 3.